The Morgan fingerprint density at radius 2 is 2.00 bits per heavy atom. The smallest absolute Gasteiger partial charge is 0.317 e. The molecule has 0 saturated heterocycles. The molecule has 0 spiro atoms. The predicted octanol–water partition coefficient (Wildman–Crippen LogP) is 2.42. The van der Waals surface area contributed by atoms with E-state index in [9.17, 15) is 9.59 Å². The van der Waals surface area contributed by atoms with E-state index >= 15 is 0 Å². The Morgan fingerprint density at radius 1 is 1.40 bits per heavy atom. The van der Waals surface area contributed by atoms with E-state index in [0.717, 1.165) is 18.9 Å². The first-order chi connectivity index (χ1) is 9.29. The minimum absolute atomic E-state index is 0.00435. The van der Waals surface area contributed by atoms with Crippen molar-refractivity contribution in [2.45, 2.75) is 40.0 Å². The zero-order valence-corrected chi connectivity index (χ0v) is 13.1. The average Bonchev–Trinajstić information content (AvgIpc) is 2.99. The number of carboxylic acids is 1. The molecule has 0 radical (unpaired) electrons. The van der Waals surface area contributed by atoms with Crippen molar-refractivity contribution in [3.05, 3.63) is 0 Å². The van der Waals surface area contributed by atoms with Crippen LogP contribution in [0.2, 0.25) is 0 Å². The highest BCUT2D eigenvalue weighted by molar-refractivity contribution is 5.74. The lowest BCUT2D eigenvalue weighted by Gasteiger charge is -2.22. The first-order valence-corrected chi connectivity index (χ1v) is 7.50. The molecule has 0 bridgehead atoms. The van der Waals surface area contributed by atoms with Crippen molar-refractivity contribution in [2.24, 2.45) is 23.7 Å². The van der Waals surface area contributed by atoms with E-state index in [0.29, 0.717) is 18.4 Å². The molecule has 2 N–H and O–H groups in total. The van der Waals surface area contributed by atoms with Crippen LogP contribution >= 0.6 is 0 Å². The summed E-state index contributed by atoms with van der Waals surface area (Å²) >= 11 is 0. The van der Waals surface area contributed by atoms with Crippen LogP contribution in [-0.2, 0) is 4.79 Å². The first-order valence-electron chi connectivity index (χ1n) is 7.50. The van der Waals surface area contributed by atoms with Crippen LogP contribution in [0, 0.1) is 23.7 Å². The van der Waals surface area contributed by atoms with Crippen LogP contribution in [0.25, 0.3) is 0 Å². The third kappa shape index (κ3) is 6.26. The minimum Gasteiger partial charge on any atom is -0.481 e. The molecule has 3 atom stereocenters. The highest BCUT2D eigenvalue weighted by Crippen LogP contribution is 2.37. The molecule has 1 aliphatic carbocycles. The fraction of sp³-hybridized carbons (Fsp3) is 0.867. The molecule has 5 nitrogen and oxygen atoms in total. The average molecular weight is 284 g/mol. The lowest BCUT2D eigenvalue weighted by Crippen LogP contribution is -2.41. The van der Waals surface area contributed by atoms with Crippen LogP contribution in [-0.4, -0.2) is 42.1 Å². The molecule has 0 heterocycles. The molecule has 0 aromatic rings. The molecule has 116 valence electrons. The van der Waals surface area contributed by atoms with Gasteiger partial charge in [0.1, 0.15) is 0 Å². The highest BCUT2D eigenvalue weighted by atomic mass is 16.4. The number of nitrogens with zero attached hydrogens (tertiary/aromatic N) is 1. The molecular weight excluding hydrogens is 256 g/mol. The van der Waals surface area contributed by atoms with Gasteiger partial charge in [0.15, 0.2) is 0 Å². The van der Waals surface area contributed by atoms with Crippen LogP contribution in [0.4, 0.5) is 4.79 Å². The van der Waals surface area contributed by atoms with Crippen molar-refractivity contribution in [3.8, 4) is 0 Å². The van der Waals surface area contributed by atoms with Gasteiger partial charge >= 0.3 is 12.0 Å². The summed E-state index contributed by atoms with van der Waals surface area (Å²) < 4.78 is 0. The zero-order valence-electron chi connectivity index (χ0n) is 13.1. The highest BCUT2D eigenvalue weighted by Gasteiger charge is 2.34. The van der Waals surface area contributed by atoms with Crippen LogP contribution < -0.4 is 5.32 Å². The number of carbonyl (C=O) groups is 2. The largest absolute Gasteiger partial charge is 0.481 e. The van der Waals surface area contributed by atoms with Crippen molar-refractivity contribution >= 4 is 12.0 Å². The number of amides is 2. The lowest BCUT2D eigenvalue weighted by molar-refractivity contribution is -0.138. The molecule has 0 aromatic heterocycles. The summed E-state index contributed by atoms with van der Waals surface area (Å²) in [6.07, 6.45) is 2.13. The van der Waals surface area contributed by atoms with Gasteiger partial charge in [-0.15, -0.1) is 0 Å². The Bertz CT molecular complexity index is 344. The van der Waals surface area contributed by atoms with E-state index in [2.05, 4.69) is 26.1 Å². The van der Waals surface area contributed by atoms with Gasteiger partial charge in [-0.3, -0.25) is 4.79 Å². The van der Waals surface area contributed by atoms with Gasteiger partial charge in [-0.25, -0.2) is 4.79 Å². The standard InChI is InChI=1S/C15H28N2O3/c1-10(2)5-12(7-14(18)19)8-16-15(20)17(4)9-13-6-11(13)3/h10-13H,5-9H2,1-4H3,(H,16,20)(H,18,19). The van der Waals surface area contributed by atoms with Crippen molar-refractivity contribution in [1.29, 1.82) is 0 Å². The van der Waals surface area contributed by atoms with Crippen molar-refractivity contribution in [3.63, 3.8) is 0 Å². The molecule has 1 fully saturated rings. The maximum absolute atomic E-state index is 12.0. The Hall–Kier alpha value is -1.26. The van der Waals surface area contributed by atoms with Gasteiger partial charge in [0, 0.05) is 26.6 Å². The number of carbonyl (C=O) groups excluding carboxylic acids is 1. The molecule has 0 aromatic carbocycles. The fourth-order valence-electron chi connectivity index (χ4n) is 2.61. The van der Waals surface area contributed by atoms with E-state index in [1.165, 1.54) is 6.42 Å². The minimum atomic E-state index is -0.801. The quantitative estimate of drug-likeness (QED) is 0.719. The second-order valence-electron chi connectivity index (χ2n) is 6.63. The fourth-order valence-corrected chi connectivity index (χ4v) is 2.61. The number of hydrogen-bond donors (Lipinski definition) is 2. The van der Waals surface area contributed by atoms with Crippen molar-refractivity contribution in [2.75, 3.05) is 20.1 Å². The second kappa shape index (κ2) is 7.50. The molecular formula is C15H28N2O3. The molecule has 1 rings (SSSR count). The van der Waals surface area contributed by atoms with Crippen LogP contribution in [0.15, 0.2) is 0 Å². The summed E-state index contributed by atoms with van der Waals surface area (Å²) in [5.74, 6) is 0.998. The van der Waals surface area contributed by atoms with Crippen molar-refractivity contribution in [1.82, 2.24) is 10.2 Å². The molecule has 0 aliphatic heterocycles. The summed E-state index contributed by atoms with van der Waals surface area (Å²) in [6, 6.07) is -0.0942. The number of hydrogen-bond acceptors (Lipinski definition) is 2. The SMILES string of the molecule is CC(C)CC(CNC(=O)N(C)CC1CC1C)CC(=O)O. The summed E-state index contributed by atoms with van der Waals surface area (Å²) in [7, 11) is 1.80. The molecule has 1 saturated carbocycles. The van der Waals surface area contributed by atoms with Crippen molar-refractivity contribution < 1.29 is 14.7 Å². The molecule has 20 heavy (non-hydrogen) atoms. The van der Waals surface area contributed by atoms with E-state index in [-0.39, 0.29) is 18.4 Å². The predicted molar refractivity (Wildman–Crippen MR) is 78.5 cm³/mol. The lowest BCUT2D eigenvalue weighted by atomic mass is 9.94. The summed E-state index contributed by atoms with van der Waals surface area (Å²) in [4.78, 5) is 24.5. The monoisotopic (exact) mass is 284 g/mol. The Balaban J connectivity index is 2.32. The van der Waals surface area contributed by atoms with Crippen LogP contribution in [0.1, 0.15) is 40.0 Å². The first kappa shape index (κ1) is 16.8. The van der Waals surface area contributed by atoms with Gasteiger partial charge in [-0.05, 0) is 36.5 Å². The van der Waals surface area contributed by atoms with Crippen LogP contribution in [0.3, 0.4) is 0 Å². The topological polar surface area (TPSA) is 69.6 Å². The van der Waals surface area contributed by atoms with Gasteiger partial charge in [-0.1, -0.05) is 20.8 Å². The summed E-state index contributed by atoms with van der Waals surface area (Å²) in [6.45, 7) is 7.56. The molecule has 1 aliphatic rings. The number of carboxylic acid groups (broad SMARTS) is 1. The Labute approximate surface area is 121 Å². The third-order valence-electron chi connectivity index (χ3n) is 3.94. The number of rotatable bonds is 8. The summed E-state index contributed by atoms with van der Waals surface area (Å²) in [5.41, 5.74) is 0. The van der Waals surface area contributed by atoms with Gasteiger partial charge in [0.2, 0.25) is 0 Å². The Morgan fingerprint density at radius 3 is 2.45 bits per heavy atom. The maximum Gasteiger partial charge on any atom is 0.317 e. The second-order valence-corrected chi connectivity index (χ2v) is 6.63. The van der Waals surface area contributed by atoms with Gasteiger partial charge in [-0.2, -0.15) is 0 Å². The van der Waals surface area contributed by atoms with E-state index < -0.39 is 5.97 Å². The normalized spacial score (nSPS) is 22.4. The van der Waals surface area contributed by atoms with E-state index in [1.807, 2.05) is 0 Å². The number of urea groups is 1. The van der Waals surface area contributed by atoms with Gasteiger partial charge in [0.05, 0.1) is 0 Å². The van der Waals surface area contributed by atoms with Gasteiger partial charge < -0.3 is 15.3 Å². The molecule has 5 heteroatoms. The van der Waals surface area contributed by atoms with E-state index in [4.69, 9.17) is 5.11 Å². The van der Waals surface area contributed by atoms with Gasteiger partial charge in [0.25, 0.3) is 0 Å². The molecule has 2 amide bonds. The molecule has 3 unspecified atom stereocenters. The summed E-state index contributed by atoms with van der Waals surface area (Å²) in [5, 5.41) is 11.8. The number of nitrogens with one attached hydrogen (secondary N) is 1. The maximum atomic E-state index is 12.0. The zero-order chi connectivity index (χ0) is 15.3. The third-order valence-corrected chi connectivity index (χ3v) is 3.94. The van der Waals surface area contributed by atoms with E-state index in [1.54, 1.807) is 11.9 Å². The number of aliphatic carboxylic acids is 1. The van der Waals surface area contributed by atoms with Crippen LogP contribution in [0.5, 0.6) is 0 Å². The Kier molecular flexibility index (Phi) is 6.30.